The first-order chi connectivity index (χ1) is 3.83. The minimum atomic E-state index is -0.531. The molecular formula is C4H9NO3. The first kappa shape index (κ1) is 5.97. The van der Waals surface area contributed by atoms with Gasteiger partial charge in [0.25, 0.3) is 0 Å². The van der Waals surface area contributed by atoms with Crippen LogP contribution in [0.2, 0.25) is 0 Å². The Bertz CT molecular complexity index is 77.7. The van der Waals surface area contributed by atoms with Crippen LogP contribution in [0.15, 0.2) is 0 Å². The van der Waals surface area contributed by atoms with E-state index in [4.69, 9.17) is 0 Å². The van der Waals surface area contributed by atoms with Crippen LogP contribution in [-0.4, -0.2) is 12.7 Å². The lowest BCUT2D eigenvalue weighted by Crippen LogP contribution is -3.02. The molecule has 4 nitrogen and oxygen atoms in total. The van der Waals surface area contributed by atoms with Gasteiger partial charge in [-0.05, 0) is 6.42 Å². The van der Waals surface area contributed by atoms with Crippen LogP contribution in [0.25, 0.3) is 0 Å². The maximum Gasteiger partial charge on any atom is 0.150 e. The first-order valence-electron chi connectivity index (χ1n) is 2.66. The smallest absolute Gasteiger partial charge is 0.150 e. The lowest BCUT2D eigenvalue weighted by Gasteiger charge is -2.06. The molecule has 2 unspecified atom stereocenters. The Labute approximate surface area is 47.5 Å². The predicted molar refractivity (Wildman–Crippen MR) is 25.4 cm³/mol. The third-order valence-corrected chi connectivity index (χ3v) is 1.11. The summed E-state index contributed by atoms with van der Waals surface area (Å²) in [7, 11) is 0. The zero-order valence-electron chi connectivity index (χ0n) is 4.72. The van der Waals surface area contributed by atoms with Crippen LogP contribution in [0.1, 0.15) is 13.3 Å². The third-order valence-electron chi connectivity index (χ3n) is 1.11. The van der Waals surface area contributed by atoms with E-state index in [2.05, 4.69) is 9.68 Å². The van der Waals surface area contributed by atoms with E-state index >= 15 is 0 Å². The number of hydrogen-bond acceptors (Lipinski definition) is 3. The molecular weight excluding hydrogens is 110 g/mol. The molecule has 4 heteroatoms. The lowest BCUT2D eigenvalue weighted by molar-refractivity contribution is -1.19. The summed E-state index contributed by atoms with van der Waals surface area (Å²) in [6.07, 6.45) is 0.841. The molecule has 0 aliphatic carbocycles. The maximum absolute atomic E-state index is 10.2. The Kier molecular flexibility index (Phi) is 1.80. The van der Waals surface area contributed by atoms with Crippen LogP contribution in [0, 0.1) is 5.21 Å². The van der Waals surface area contributed by atoms with E-state index in [1.165, 1.54) is 0 Å². The summed E-state index contributed by atoms with van der Waals surface area (Å²) in [5.41, 5.74) is 0. The van der Waals surface area contributed by atoms with Crippen LogP contribution in [0.5, 0.6) is 0 Å². The van der Waals surface area contributed by atoms with Gasteiger partial charge in [0.05, 0.1) is 0 Å². The molecule has 0 radical (unpaired) electrons. The quantitative estimate of drug-likeness (QED) is 0.451. The van der Waals surface area contributed by atoms with Crippen molar-refractivity contribution < 1.29 is 15.1 Å². The van der Waals surface area contributed by atoms with Crippen molar-refractivity contribution in [3.8, 4) is 0 Å². The molecule has 1 heterocycles. The van der Waals surface area contributed by atoms with Gasteiger partial charge >= 0.3 is 0 Å². The molecule has 2 atom stereocenters. The molecule has 8 heavy (non-hydrogen) atoms. The average Bonchev–Trinajstić information content (AvgIpc) is 2.14. The van der Waals surface area contributed by atoms with Crippen LogP contribution in [-0.2, 0) is 9.68 Å². The number of rotatable bonds is 1. The average molecular weight is 119 g/mol. The second kappa shape index (κ2) is 2.41. The highest BCUT2D eigenvalue weighted by Gasteiger charge is 2.21. The zero-order valence-corrected chi connectivity index (χ0v) is 4.72. The minimum absolute atomic E-state index is 0.00231. The molecule has 0 aromatic carbocycles. The topological polar surface area (TPSA) is 46.0 Å². The largest absolute Gasteiger partial charge is 0.566 e. The van der Waals surface area contributed by atoms with E-state index in [-0.39, 0.29) is 6.10 Å². The fraction of sp³-hybridized carbons (Fsp3) is 1.00. The summed E-state index contributed by atoms with van der Waals surface area (Å²) in [6.45, 7) is 2.38. The Morgan fingerprint density at radius 3 is 2.88 bits per heavy atom. The molecule has 0 spiro atoms. The van der Waals surface area contributed by atoms with E-state index in [1.54, 1.807) is 0 Å². The second-order valence-corrected chi connectivity index (χ2v) is 1.71. The molecule has 1 fully saturated rings. The summed E-state index contributed by atoms with van der Waals surface area (Å²) < 4.78 is 0. The fourth-order valence-electron chi connectivity index (χ4n) is 0.566. The third kappa shape index (κ3) is 1.16. The van der Waals surface area contributed by atoms with Crippen molar-refractivity contribution in [2.24, 2.45) is 0 Å². The number of nitrogens with one attached hydrogen (secondary N) is 1. The molecule has 1 aliphatic heterocycles. The van der Waals surface area contributed by atoms with Gasteiger partial charge in [-0.25, -0.2) is 0 Å². The van der Waals surface area contributed by atoms with Gasteiger partial charge in [-0.3, -0.25) is 0 Å². The zero-order chi connectivity index (χ0) is 5.98. The molecule has 0 amide bonds. The molecule has 0 saturated carbocycles. The summed E-state index contributed by atoms with van der Waals surface area (Å²) in [5, 5.41) is 9.64. The van der Waals surface area contributed by atoms with Gasteiger partial charge in [-0.1, -0.05) is 12.3 Å². The van der Waals surface area contributed by atoms with Gasteiger partial charge in [0, 0.05) is 0 Å². The maximum atomic E-state index is 10.2. The van der Waals surface area contributed by atoms with Crippen LogP contribution in [0.4, 0.5) is 0 Å². The van der Waals surface area contributed by atoms with Gasteiger partial charge in [-0.15, -0.1) is 0 Å². The fourth-order valence-corrected chi connectivity index (χ4v) is 0.566. The Morgan fingerprint density at radius 2 is 2.62 bits per heavy atom. The summed E-state index contributed by atoms with van der Waals surface area (Å²) in [5.74, 6) is 0. The Balaban J connectivity index is 2.22. The first-order valence-corrected chi connectivity index (χ1v) is 2.66. The molecule has 1 aliphatic rings. The Morgan fingerprint density at radius 1 is 1.88 bits per heavy atom. The van der Waals surface area contributed by atoms with E-state index in [0.717, 1.165) is 6.42 Å². The van der Waals surface area contributed by atoms with Crippen molar-refractivity contribution in [3.63, 3.8) is 0 Å². The number of hydrogen-bond donors (Lipinski definition) is 1. The molecule has 48 valence electrons. The van der Waals surface area contributed by atoms with E-state index in [1.807, 2.05) is 6.92 Å². The molecule has 1 saturated heterocycles. The van der Waals surface area contributed by atoms with E-state index in [9.17, 15) is 5.21 Å². The van der Waals surface area contributed by atoms with Gasteiger partial charge < -0.3 is 5.21 Å². The normalized spacial score (nSPS) is 38.2. The van der Waals surface area contributed by atoms with Crippen molar-refractivity contribution in [1.29, 1.82) is 0 Å². The van der Waals surface area contributed by atoms with E-state index in [0.29, 0.717) is 6.61 Å². The van der Waals surface area contributed by atoms with Crippen molar-refractivity contribution in [2.45, 2.75) is 19.4 Å². The summed E-state index contributed by atoms with van der Waals surface area (Å²) in [4.78, 5) is 9.14. The van der Waals surface area contributed by atoms with Crippen molar-refractivity contribution >= 4 is 0 Å². The van der Waals surface area contributed by atoms with Crippen molar-refractivity contribution in [3.05, 3.63) is 5.21 Å². The summed E-state index contributed by atoms with van der Waals surface area (Å²) in [6, 6.07) is 0. The van der Waals surface area contributed by atoms with Crippen LogP contribution >= 0.6 is 0 Å². The lowest BCUT2D eigenvalue weighted by atomic mass is 10.3. The molecule has 0 bridgehead atoms. The molecule has 1 N–H and O–H groups in total. The summed E-state index contributed by atoms with van der Waals surface area (Å²) >= 11 is 0. The monoisotopic (exact) mass is 119 g/mol. The van der Waals surface area contributed by atoms with Crippen LogP contribution < -0.4 is 5.39 Å². The molecule has 1 rings (SSSR count). The predicted octanol–water partition coefficient (Wildman–Crippen LogP) is -0.976. The highest BCUT2D eigenvalue weighted by molar-refractivity contribution is 4.49. The van der Waals surface area contributed by atoms with E-state index < -0.39 is 5.39 Å². The molecule has 0 aromatic rings. The van der Waals surface area contributed by atoms with Gasteiger partial charge in [0.2, 0.25) is 0 Å². The number of quaternary nitrogens is 1. The van der Waals surface area contributed by atoms with Gasteiger partial charge in [0.15, 0.2) is 6.10 Å². The molecule has 0 aromatic heterocycles. The highest BCUT2D eigenvalue weighted by Crippen LogP contribution is 1.96. The standard InChI is InChI=1S/C4H9NO3/c1-2-4-3-7-5(6)8-4/h4-5H,2-3H2,1H3. The SMILES string of the molecule is CCC1CO[NH+]([O-])O1. The highest BCUT2D eigenvalue weighted by atomic mass is 17.1. The Hall–Kier alpha value is -0.160. The minimum Gasteiger partial charge on any atom is -0.566 e. The second-order valence-electron chi connectivity index (χ2n) is 1.71. The van der Waals surface area contributed by atoms with Crippen LogP contribution in [0.3, 0.4) is 0 Å². The van der Waals surface area contributed by atoms with Crippen molar-refractivity contribution in [1.82, 2.24) is 0 Å². The van der Waals surface area contributed by atoms with Gasteiger partial charge in [0.1, 0.15) is 6.61 Å². The van der Waals surface area contributed by atoms with Crippen molar-refractivity contribution in [2.75, 3.05) is 6.61 Å². The van der Waals surface area contributed by atoms with Gasteiger partial charge in [-0.2, -0.15) is 9.68 Å².